The summed E-state index contributed by atoms with van der Waals surface area (Å²) in [6, 6.07) is 7.39. The molecule has 0 saturated carbocycles. The minimum atomic E-state index is -0.522. The SMILES string of the molecule is CC(Cc1ccoc1)NC(=O)c1cccc([N+](=O)[O-])c1. The number of nitrogens with zero attached hydrogens (tertiary/aromatic N) is 1. The lowest BCUT2D eigenvalue weighted by molar-refractivity contribution is -0.384. The second kappa shape index (κ2) is 6.01. The summed E-state index contributed by atoms with van der Waals surface area (Å²) in [5.74, 6) is -0.329. The number of furan rings is 1. The van der Waals surface area contributed by atoms with E-state index in [9.17, 15) is 14.9 Å². The normalized spacial score (nSPS) is 11.8. The third-order valence-electron chi connectivity index (χ3n) is 2.82. The Morgan fingerprint density at radius 2 is 2.25 bits per heavy atom. The molecule has 2 aromatic rings. The fourth-order valence-electron chi connectivity index (χ4n) is 1.88. The van der Waals surface area contributed by atoms with E-state index in [-0.39, 0.29) is 23.2 Å². The van der Waals surface area contributed by atoms with Crippen LogP contribution >= 0.6 is 0 Å². The maximum absolute atomic E-state index is 12.0. The van der Waals surface area contributed by atoms with E-state index >= 15 is 0 Å². The van der Waals surface area contributed by atoms with Gasteiger partial charge >= 0.3 is 0 Å². The molecule has 104 valence electrons. The molecule has 1 atom stereocenters. The Kier molecular flexibility index (Phi) is 4.14. The smallest absolute Gasteiger partial charge is 0.270 e. The third kappa shape index (κ3) is 3.44. The van der Waals surface area contributed by atoms with Gasteiger partial charge in [-0.05, 0) is 31.0 Å². The standard InChI is InChI=1S/C14H14N2O4/c1-10(7-11-5-6-20-9-11)15-14(17)12-3-2-4-13(8-12)16(18)19/h2-6,8-10H,7H2,1H3,(H,15,17). The highest BCUT2D eigenvalue weighted by Crippen LogP contribution is 2.13. The van der Waals surface area contributed by atoms with Crippen LogP contribution in [0.4, 0.5) is 5.69 Å². The molecule has 1 unspecified atom stereocenters. The number of hydrogen-bond acceptors (Lipinski definition) is 4. The lowest BCUT2D eigenvalue weighted by atomic mass is 10.1. The average molecular weight is 274 g/mol. The molecule has 0 aliphatic carbocycles. The van der Waals surface area contributed by atoms with Gasteiger partial charge in [0.2, 0.25) is 0 Å². The summed E-state index contributed by atoms with van der Waals surface area (Å²) in [5, 5.41) is 13.5. The van der Waals surface area contributed by atoms with Crippen LogP contribution in [0.25, 0.3) is 0 Å². The molecule has 0 fully saturated rings. The Bertz CT molecular complexity index is 607. The van der Waals surface area contributed by atoms with Crippen molar-refractivity contribution in [2.24, 2.45) is 0 Å². The van der Waals surface area contributed by atoms with Gasteiger partial charge in [0.1, 0.15) is 0 Å². The largest absolute Gasteiger partial charge is 0.472 e. The first-order valence-electron chi connectivity index (χ1n) is 6.12. The number of non-ortho nitro benzene ring substituents is 1. The van der Waals surface area contributed by atoms with Gasteiger partial charge in [-0.1, -0.05) is 6.07 Å². The molecular formula is C14H14N2O4. The Labute approximate surface area is 115 Å². The second-order valence-corrected chi connectivity index (χ2v) is 4.52. The molecule has 0 aliphatic rings. The van der Waals surface area contributed by atoms with Crippen LogP contribution in [-0.4, -0.2) is 16.9 Å². The van der Waals surface area contributed by atoms with Gasteiger partial charge in [-0.15, -0.1) is 0 Å². The van der Waals surface area contributed by atoms with Crippen LogP contribution in [0.2, 0.25) is 0 Å². The maximum Gasteiger partial charge on any atom is 0.270 e. The van der Waals surface area contributed by atoms with Crippen LogP contribution in [0.3, 0.4) is 0 Å². The highest BCUT2D eigenvalue weighted by atomic mass is 16.6. The van der Waals surface area contributed by atoms with Gasteiger partial charge in [0.05, 0.1) is 17.4 Å². The number of hydrogen-bond donors (Lipinski definition) is 1. The molecule has 6 heteroatoms. The number of benzene rings is 1. The quantitative estimate of drug-likeness (QED) is 0.670. The zero-order chi connectivity index (χ0) is 14.5. The van der Waals surface area contributed by atoms with E-state index in [0.29, 0.717) is 6.42 Å². The molecule has 1 amide bonds. The summed E-state index contributed by atoms with van der Waals surface area (Å²) in [6.45, 7) is 1.86. The van der Waals surface area contributed by atoms with Crippen LogP contribution < -0.4 is 5.32 Å². The molecule has 1 aromatic carbocycles. The van der Waals surface area contributed by atoms with Gasteiger partial charge in [0, 0.05) is 23.7 Å². The predicted octanol–water partition coefficient (Wildman–Crippen LogP) is 2.55. The number of nitrogens with one attached hydrogen (secondary N) is 1. The van der Waals surface area contributed by atoms with Crippen molar-refractivity contribution in [1.29, 1.82) is 0 Å². The van der Waals surface area contributed by atoms with Crippen LogP contribution in [0.5, 0.6) is 0 Å². The van der Waals surface area contributed by atoms with Gasteiger partial charge in [-0.3, -0.25) is 14.9 Å². The molecule has 0 saturated heterocycles. The number of carbonyl (C=O) groups is 1. The van der Waals surface area contributed by atoms with Crippen LogP contribution in [-0.2, 0) is 6.42 Å². The highest BCUT2D eigenvalue weighted by Gasteiger charge is 2.14. The molecule has 1 heterocycles. The summed E-state index contributed by atoms with van der Waals surface area (Å²) in [4.78, 5) is 22.2. The number of nitro benzene ring substituents is 1. The van der Waals surface area contributed by atoms with E-state index in [1.165, 1.54) is 18.2 Å². The monoisotopic (exact) mass is 274 g/mol. The summed E-state index contributed by atoms with van der Waals surface area (Å²) in [5.41, 5.74) is 1.16. The molecule has 0 aliphatic heterocycles. The Balaban J connectivity index is 2.00. The third-order valence-corrected chi connectivity index (χ3v) is 2.82. The van der Waals surface area contributed by atoms with E-state index < -0.39 is 4.92 Å². The van der Waals surface area contributed by atoms with Gasteiger partial charge in [-0.25, -0.2) is 0 Å². The number of carbonyl (C=O) groups excluding carboxylic acids is 1. The van der Waals surface area contributed by atoms with E-state index in [4.69, 9.17) is 4.42 Å². The van der Waals surface area contributed by atoms with E-state index in [2.05, 4.69) is 5.32 Å². The molecular weight excluding hydrogens is 260 g/mol. The van der Waals surface area contributed by atoms with Crippen LogP contribution in [0.15, 0.2) is 47.3 Å². The van der Waals surface area contributed by atoms with E-state index in [1.54, 1.807) is 18.6 Å². The summed E-state index contributed by atoms with van der Waals surface area (Å²) < 4.78 is 4.96. The maximum atomic E-state index is 12.0. The molecule has 2 rings (SSSR count). The first-order chi connectivity index (χ1) is 9.56. The highest BCUT2D eigenvalue weighted by molar-refractivity contribution is 5.94. The van der Waals surface area contributed by atoms with Crippen LogP contribution in [0, 0.1) is 10.1 Å². The van der Waals surface area contributed by atoms with Crippen molar-refractivity contribution in [3.05, 3.63) is 64.1 Å². The van der Waals surface area contributed by atoms with Gasteiger partial charge in [0.25, 0.3) is 11.6 Å². The number of rotatable bonds is 5. The predicted molar refractivity (Wildman–Crippen MR) is 72.4 cm³/mol. The van der Waals surface area contributed by atoms with Crippen LogP contribution in [0.1, 0.15) is 22.8 Å². The van der Waals surface area contributed by atoms with Crippen molar-refractivity contribution in [3.63, 3.8) is 0 Å². The minimum Gasteiger partial charge on any atom is -0.472 e. The molecule has 0 radical (unpaired) electrons. The summed E-state index contributed by atoms with van der Waals surface area (Å²) >= 11 is 0. The Morgan fingerprint density at radius 1 is 1.45 bits per heavy atom. The van der Waals surface area contributed by atoms with Gasteiger partial charge < -0.3 is 9.73 Å². The van der Waals surface area contributed by atoms with Crippen molar-refractivity contribution in [2.45, 2.75) is 19.4 Å². The Morgan fingerprint density at radius 3 is 2.90 bits per heavy atom. The first-order valence-corrected chi connectivity index (χ1v) is 6.12. The molecule has 6 nitrogen and oxygen atoms in total. The van der Waals surface area contributed by atoms with Crippen molar-refractivity contribution in [2.75, 3.05) is 0 Å². The zero-order valence-corrected chi connectivity index (χ0v) is 10.9. The topological polar surface area (TPSA) is 85.4 Å². The van der Waals surface area contributed by atoms with Gasteiger partial charge in [0.15, 0.2) is 0 Å². The fraction of sp³-hybridized carbons (Fsp3) is 0.214. The van der Waals surface area contributed by atoms with E-state index in [0.717, 1.165) is 5.56 Å². The van der Waals surface area contributed by atoms with Crippen molar-refractivity contribution in [1.82, 2.24) is 5.32 Å². The lowest BCUT2D eigenvalue weighted by Crippen LogP contribution is -2.34. The first kappa shape index (κ1) is 13.8. The van der Waals surface area contributed by atoms with E-state index in [1.807, 2.05) is 13.0 Å². The average Bonchev–Trinajstić information content (AvgIpc) is 2.91. The zero-order valence-electron chi connectivity index (χ0n) is 10.9. The summed E-state index contributed by atoms with van der Waals surface area (Å²) in [7, 11) is 0. The molecule has 20 heavy (non-hydrogen) atoms. The number of amides is 1. The van der Waals surface area contributed by atoms with Crippen molar-refractivity contribution >= 4 is 11.6 Å². The second-order valence-electron chi connectivity index (χ2n) is 4.52. The van der Waals surface area contributed by atoms with Crippen molar-refractivity contribution < 1.29 is 14.1 Å². The number of nitro groups is 1. The molecule has 1 aromatic heterocycles. The molecule has 0 bridgehead atoms. The van der Waals surface area contributed by atoms with Gasteiger partial charge in [-0.2, -0.15) is 0 Å². The summed E-state index contributed by atoms with van der Waals surface area (Å²) in [6.07, 6.45) is 3.83. The molecule has 1 N–H and O–H groups in total. The Hall–Kier alpha value is -2.63. The molecule has 0 spiro atoms. The minimum absolute atomic E-state index is 0.0971. The fourth-order valence-corrected chi connectivity index (χ4v) is 1.88. The van der Waals surface area contributed by atoms with Crippen molar-refractivity contribution in [3.8, 4) is 0 Å². The lowest BCUT2D eigenvalue weighted by Gasteiger charge is -2.12.